The van der Waals surface area contributed by atoms with E-state index < -0.39 is 11.6 Å². The summed E-state index contributed by atoms with van der Waals surface area (Å²) >= 11 is 0. The van der Waals surface area contributed by atoms with E-state index in [1.54, 1.807) is 7.11 Å². The third-order valence-electron chi connectivity index (χ3n) is 7.27. The lowest BCUT2D eigenvalue weighted by molar-refractivity contribution is -0.140. The molecule has 0 bridgehead atoms. The maximum atomic E-state index is 13.5. The van der Waals surface area contributed by atoms with E-state index in [4.69, 9.17) is 4.74 Å². The molecule has 35 heavy (non-hydrogen) atoms. The van der Waals surface area contributed by atoms with Crippen molar-refractivity contribution in [3.05, 3.63) is 65.7 Å². The van der Waals surface area contributed by atoms with Crippen LogP contribution in [0, 0.1) is 0 Å². The van der Waals surface area contributed by atoms with Crippen LogP contribution < -0.4 is 10.1 Å². The lowest BCUT2D eigenvalue weighted by Gasteiger charge is -2.26. The van der Waals surface area contributed by atoms with Crippen molar-refractivity contribution in [3.63, 3.8) is 0 Å². The molecule has 4 amide bonds. The molecule has 8 nitrogen and oxygen atoms in total. The van der Waals surface area contributed by atoms with Gasteiger partial charge in [0.25, 0.3) is 11.8 Å². The summed E-state index contributed by atoms with van der Waals surface area (Å²) in [5, 5.41) is 9.01. The molecule has 2 heterocycles. The molecule has 2 aromatic rings. The Morgan fingerprint density at radius 1 is 1.03 bits per heavy atom. The fourth-order valence-electron chi connectivity index (χ4n) is 5.33. The average molecular weight is 475 g/mol. The van der Waals surface area contributed by atoms with Gasteiger partial charge in [-0.1, -0.05) is 68.1 Å². The van der Waals surface area contributed by atoms with Gasteiger partial charge < -0.3 is 10.1 Å². The second kappa shape index (κ2) is 9.52. The molecule has 182 valence electrons. The predicted molar refractivity (Wildman–Crippen MR) is 131 cm³/mol. The highest BCUT2D eigenvalue weighted by Gasteiger charge is 2.51. The maximum absolute atomic E-state index is 13.5. The van der Waals surface area contributed by atoms with Crippen LogP contribution in [0.3, 0.4) is 0 Å². The fraction of sp³-hybridized carbons (Fsp3) is 0.407. The van der Waals surface area contributed by atoms with Gasteiger partial charge in [-0.25, -0.2) is 9.80 Å². The molecule has 1 atom stereocenters. The number of hydrazone groups is 1. The number of hydrogen-bond donors (Lipinski definition) is 1. The lowest BCUT2D eigenvalue weighted by atomic mass is 9.90. The van der Waals surface area contributed by atoms with Crippen LogP contribution in [0.5, 0.6) is 5.75 Å². The summed E-state index contributed by atoms with van der Waals surface area (Å²) in [6, 6.07) is 16.4. The van der Waals surface area contributed by atoms with Gasteiger partial charge in [-0.3, -0.25) is 14.5 Å². The van der Waals surface area contributed by atoms with Crippen LogP contribution in [0.2, 0.25) is 0 Å². The van der Waals surface area contributed by atoms with Crippen LogP contribution in [-0.4, -0.2) is 52.7 Å². The van der Waals surface area contributed by atoms with Crippen LogP contribution in [0.4, 0.5) is 4.79 Å². The fourth-order valence-corrected chi connectivity index (χ4v) is 5.33. The minimum Gasteiger partial charge on any atom is -0.497 e. The average Bonchev–Trinajstić information content (AvgIpc) is 3.32. The van der Waals surface area contributed by atoms with E-state index in [1.807, 2.05) is 54.6 Å². The summed E-state index contributed by atoms with van der Waals surface area (Å²) in [6.07, 6.45) is 5.67. The molecule has 1 unspecified atom stereocenters. The Morgan fingerprint density at radius 2 is 1.71 bits per heavy atom. The van der Waals surface area contributed by atoms with E-state index in [1.165, 1.54) is 5.01 Å². The van der Waals surface area contributed by atoms with Crippen LogP contribution in [-0.2, 0) is 9.59 Å². The number of imide groups is 1. The topological polar surface area (TPSA) is 91.3 Å². The Morgan fingerprint density at radius 3 is 2.37 bits per heavy atom. The molecule has 1 spiro atoms. The molecule has 2 aromatic carbocycles. The minimum atomic E-state index is -0.868. The third kappa shape index (κ3) is 4.40. The van der Waals surface area contributed by atoms with Crippen LogP contribution in [0.25, 0.3) is 0 Å². The first kappa shape index (κ1) is 23.1. The summed E-state index contributed by atoms with van der Waals surface area (Å²) in [4.78, 5) is 40.7. The van der Waals surface area contributed by atoms with Crippen molar-refractivity contribution in [2.24, 2.45) is 5.10 Å². The Bertz CT molecular complexity index is 1140. The van der Waals surface area contributed by atoms with Gasteiger partial charge in [-0.15, -0.1) is 0 Å². The Balaban J connectivity index is 1.40. The van der Waals surface area contributed by atoms with E-state index in [-0.39, 0.29) is 24.4 Å². The van der Waals surface area contributed by atoms with E-state index in [9.17, 15) is 14.4 Å². The molecular formula is C27H30N4O4. The second-order valence-electron chi connectivity index (χ2n) is 9.46. The van der Waals surface area contributed by atoms with Gasteiger partial charge in [-0.2, -0.15) is 5.10 Å². The first-order chi connectivity index (χ1) is 17.0. The number of amides is 4. The number of carbonyl (C=O) groups is 3. The van der Waals surface area contributed by atoms with Gasteiger partial charge in [0.15, 0.2) is 0 Å². The molecule has 8 heteroatoms. The zero-order valence-electron chi connectivity index (χ0n) is 19.9. The standard InChI is InChI=1S/C27H30N4O4/c1-35-21-13-11-20(12-14-21)23-17-22(19-9-5-4-6-10-19)29-31(23)24(32)18-30-25(33)27(28-26(30)34)15-7-2-3-8-16-27/h4-6,9-14,23H,2-3,7-8,15-18H2,1H3,(H,28,34). The molecule has 1 saturated heterocycles. The van der Waals surface area contributed by atoms with E-state index >= 15 is 0 Å². The predicted octanol–water partition coefficient (Wildman–Crippen LogP) is 4.02. The van der Waals surface area contributed by atoms with E-state index in [0.717, 1.165) is 53.2 Å². The smallest absolute Gasteiger partial charge is 0.325 e. The van der Waals surface area contributed by atoms with E-state index in [2.05, 4.69) is 10.4 Å². The highest BCUT2D eigenvalue weighted by molar-refractivity contribution is 6.09. The normalized spacial score (nSPS) is 21.6. The van der Waals surface area contributed by atoms with Gasteiger partial charge in [0.1, 0.15) is 17.8 Å². The molecule has 2 fully saturated rings. The zero-order chi connectivity index (χ0) is 24.4. The summed E-state index contributed by atoms with van der Waals surface area (Å²) in [5.74, 6) is 0.0537. The molecular weight excluding hydrogens is 444 g/mol. The van der Waals surface area contributed by atoms with Crippen molar-refractivity contribution in [1.29, 1.82) is 0 Å². The summed E-state index contributed by atoms with van der Waals surface area (Å²) in [7, 11) is 1.61. The van der Waals surface area contributed by atoms with Crippen LogP contribution in [0.15, 0.2) is 59.7 Å². The molecule has 0 aromatic heterocycles. The second-order valence-corrected chi connectivity index (χ2v) is 9.46. The summed E-state index contributed by atoms with van der Waals surface area (Å²) in [6.45, 7) is -0.329. The number of ether oxygens (including phenoxy) is 1. The van der Waals surface area contributed by atoms with Crippen molar-refractivity contribution in [2.45, 2.75) is 56.5 Å². The molecule has 5 rings (SSSR count). The number of methoxy groups -OCH3 is 1. The first-order valence-corrected chi connectivity index (χ1v) is 12.2. The minimum absolute atomic E-state index is 0.287. The number of rotatable bonds is 5. The number of benzene rings is 2. The Hall–Kier alpha value is -3.68. The van der Waals surface area contributed by atoms with Gasteiger partial charge in [-0.05, 0) is 36.1 Å². The third-order valence-corrected chi connectivity index (χ3v) is 7.27. The molecule has 2 aliphatic heterocycles. The molecule has 0 radical (unpaired) electrons. The summed E-state index contributed by atoms with van der Waals surface area (Å²) < 4.78 is 5.27. The number of hydrogen-bond acceptors (Lipinski definition) is 5. The van der Waals surface area contributed by atoms with Crippen molar-refractivity contribution in [3.8, 4) is 5.75 Å². The first-order valence-electron chi connectivity index (χ1n) is 12.2. The maximum Gasteiger partial charge on any atom is 0.325 e. The van der Waals surface area contributed by atoms with Crippen molar-refractivity contribution in [1.82, 2.24) is 15.2 Å². The van der Waals surface area contributed by atoms with Gasteiger partial charge in [0.05, 0.1) is 18.9 Å². The van der Waals surface area contributed by atoms with Crippen LogP contribution >= 0.6 is 0 Å². The number of carbonyl (C=O) groups excluding carboxylic acids is 3. The number of urea groups is 1. The lowest BCUT2D eigenvalue weighted by Crippen LogP contribution is -2.47. The van der Waals surface area contributed by atoms with Crippen molar-refractivity contribution >= 4 is 23.6 Å². The van der Waals surface area contributed by atoms with Gasteiger partial charge >= 0.3 is 6.03 Å². The highest BCUT2D eigenvalue weighted by Crippen LogP contribution is 2.35. The van der Waals surface area contributed by atoms with Gasteiger partial charge in [0, 0.05) is 6.42 Å². The molecule has 1 N–H and O–H groups in total. The summed E-state index contributed by atoms with van der Waals surface area (Å²) in [5.41, 5.74) is 1.77. The molecule has 1 aliphatic carbocycles. The Kier molecular flexibility index (Phi) is 6.28. The Labute approximate surface area is 204 Å². The SMILES string of the molecule is COc1ccc(C2CC(c3ccccc3)=NN2C(=O)CN2C(=O)NC3(CCCCCC3)C2=O)cc1. The zero-order valence-corrected chi connectivity index (χ0v) is 19.9. The highest BCUT2D eigenvalue weighted by atomic mass is 16.5. The largest absolute Gasteiger partial charge is 0.497 e. The molecule has 1 saturated carbocycles. The molecule has 3 aliphatic rings. The van der Waals surface area contributed by atoms with Crippen molar-refractivity contribution < 1.29 is 19.1 Å². The van der Waals surface area contributed by atoms with Crippen molar-refractivity contribution in [2.75, 3.05) is 13.7 Å². The monoisotopic (exact) mass is 474 g/mol. The number of nitrogens with zero attached hydrogens (tertiary/aromatic N) is 3. The quantitative estimate of drug-likeness (QED) is 0.663. The number of nitrogens with one attached hydrogen (secondary N) is 1. The van der Waals surface area contributed by atoms with Crippen LogP contribution in [0.1, 0.15) is 62.1 Å². The van der Waals surface area contributed by atoms with Gasteiger partial charge in [0.2, 0.25) is 0 Å². The van der Waals surface area contributed by atoms with E-state index in [0.29, 0.717) is 19.3 Å².